The fourth-order valence-electron chi connectivity index (χ4n) is 3.07. The molecule has 1 unspecified atom stereocenters. The van der Waals surface area contributed by atoms with Gasteiger partial charge in [-0.15, -0.1) is 0 Å². The van der Waals surface area contributed by atoms with E-state index in [1.54, 1.807) is 0 Å². The molecule has 0 aromatic carbocycles. The molecule has 2 fully saturated rings. The van der Waals surface area contributed by atoms with Crippen LogP contribution >= 0.6 is 0 Å². The van der Waals surface area contributed by atoms with Gasteiger partial charge in [-0.2, -0.15) is 0 Å². The maximum absolute atomic E-state index is 2.67. The highest BCUT2D eigenvalue weighted by molar-refractivity contribution is 4.84. The Bertz CT molecular complexity index is 168. The lowest BCUT2D eigenvalue weighted by atomic mass is 9.90. The van der Waals surface area contributed by atoms with Gasteiger partial charge in [-0.25, -0.2) is 0 Å². The van der Waals surface area contributed by atoms with Crippen LogP contribution in [0.5, 0.6) is 0 Å². The summed E-state index contributed by atoms with van der Waals surface area (Å²) in [5.74, 6) is 1.01. The average Bonchev–Trinajstić information content (AvgIpc) is 2.61. The van der Waals surface area contributed by atoms with E-state index in [0.29, 0.717) is 5.41 Å². The van der Waals surface area contributed by atoms with Gasteiger partial charge >= 0.3 is 0 Å². The summed E-state index contributed by atoms with van der Waals surface area (Å²) in [7, 11) is 0. The van der Waals surface area contributed by atoms with E-state index >= 15 is 0 Å². The molecule has 1 atom stereocenters. The molecular weight excluding hydrogens is 158 g/mol. The van der Waals surface area contributed by atoms with Crippen molar-refractivity contribution in [3.63, 3.8) is 0 Å². The van der Waals surface area contributed by atoms with Crippen molar-refractivity contribution in [3.05, 3.63) is 0 Å². The zero-order chi connectivity index (χ0) is 9.31. The highest BCUT2D eigenvalue weighted by Gasteiger charge is 2.31. The van der Waals surface area contributed by atoms with Gasteiger partial charge in [0.2, 0.25) is 0 Å². The Morgan fingerprint density at radius 2 is 1.92 bits per heavy atom. The lowest BCUT2D eigenvalue weighted by Gasteiger charge is -2.21. The quantitative estimate of drug-likeness (QED) is 0.633. The minimum atomic E-state index is 0.643. The van der Waals surface area contributed by atoms with Crippen LogP contribution in [0.3, 0.4) is 0 Å². The molecule has 0 spiro atoms. The Kier molecular flexibility index (Phi) is 2.64. The molecule has 13 heavy (non-hydrogen) atoms. The lowest BCUT2D eigenvalue weighted by molar-refractivity contribution is 0.263. The molecule has 1 saturated heterocycles. The summed E-state index contributed by atoms with van der Waals surface area (Å²) in [4.78, 5) is 2.67. The maximum atomic E-state index is 2.67. The van der Waals surface area contributed by atoms with E-state index in [4.69, 9.17) is 0 Å². The summed E-state index contributed by atoms with van der Waals surface area (Å²) >= 11 is 0. The van der Waals surface area contributed by atoms with E-state index in [1.807, 2.05) is 0 Å². The summed E-state index contributed by atoms with van der Waals surface area (Å²) in [5, 5.41) is 0. The lowest BCUT2D eigenvalue weighted by Crippen LogP contribution is -2.25. The van der Waals surface area contributed by atoms with Crippen LogP contribution in [0.1, 0.15) is 46.0 Å². The molecule has 0 aromatic rings. The van der Waals surface area contributed by atoms with E-state index in [1.165, 1.54) is 51.7 Å². The molecule has 1 saturated carbocycles. The second-order valence-corrected chi connectivity index (χ2v) is 5.78. The first-order valence-corrected chi connectivity index (χ1v) is 5.88. The number of rotatable bonds is 2. The predicted octanol–water partition coefficient (Wildman–Crippen LogP) is 2.91. The minimum absolute atomic E-state index is 0.643. The van der Waals surface area contributed by atoms with Gasteiger partial charge in [0.1, 0.15) is 0 Å². The molecule has 0 radical (unpaired) electrons. The zero-order valence-electron chi connectivity index (χ0n) is 9.18. The summed E-state index contributed by atoms with van der Waals surface area (Å²) < 4.78 is 0. The van der Waals surface area contributed by atoms with E-state index < -0.39 is 0 Å². The predicted molar refractivity (Wildman–Crippen MR) is 56.8 cm³/mol. The molecule has 1 aliphatic heterocycles. The van der Waals surface area contributed by atoms with Crippen LogP contribution in [-0.4, -0.2) is 24.5 Å². The fraction of sp³-hybridized carbons (Fsp3) is 1.00. The largest absolute Gasteiger partial charge is 0.303 e. The normalized spacial score (nSPS) is 34.2. The van der Waals surface area contributed by atoms with Gasteiger partial charge in [-0.1, -0.05) is 13.8 Å². The smallest absolute Gasteiger partial charge is 0.000986 e. The van der Waals surface area contributed by atoms with Crippen LogP contribution in [-0.2, 0) is 0 Å². The van der Waals surface area contributed by atoms with E-state index in [9.17, 15) is 0 Å². The molecule has 0 N–H and O–H groups in total. The third-order valence-electron chi connectivity index (χ3n) is 3.79. The topological polar surface area (TPSA) is 3.24 Å². The van der Waals surface area contributed by atoms with Crippen molar-refractivity contribution in [2.75, 3.05) is 19.6 Å². The second-order valence-electron chi connectivity index (χ2n) is 5.78. The molecule has 1 heterocycles. The van der Waals surface area contributed by atoms with Crippen molar-refractivity contribution in [1.82, 2.24) is 4.90 Å². The molecule has 2 rings (SSSR count). The minimum Gasteiger partial charge on any atom is -0.303 e. The molecule has 1 aliphatic carbocycles. The molecule has 76 valence electrons. The van der Waals surface area contributed by atoms with Crippen LogP contribution in [0.25, 0.3) is 0 Å². The van der Waals surface area contributed by atoms with E-state index in [0.717, 1.165) is 5.92 Å². The Morgan fingerprint density at radius 1 is 1.23 bits per heavy atom. The third kappa shape index (κ3) is 2.46. The van der Waals surface area contributed by atoms with E-state index in [-0.39, 0.29) is 0 Å². The standard InChI is InChI=1S/C12H23N/c1-12(2)6-5-11(9-12)10-13-7-3-4-8-13/h11H,3-10H2,1-2H3. The Balaban J connectivity index is 1.77. The van der Waals surface area contributed by atoms with Crippen LogP contribution in [0.4, 0.5) is 0 Å². The van der Waals surface area contributed by atoms with Crippen molar-refractivity contribution in [3.8, 4) is 0 Å². The number of hydrogen-bond donors (Lipinski definition) is 0. The van der Waals surface area contributed by atoms with E-state index in [2.05, 4.69) is 18.7 Å². The molecule has 0 aromatic heterocycles. The van der Waals surface area contributed by atoms with Gasteiger partial charge < -0.3 is 4.90 Å². The monoisotopic (exact) mass is 181 g/mol. The summed E-state index contributed by atoms with van der Waals surface area (Å²) in [6.07, 6.45) is 7.27. The Morgan fingerprint density at radius 3 is 2.46 bits per heavy atom. The Labute approximate surface area is 82.5 Å². The van der Waals surface area contributed by atoms with Crippen LogP contribution in [0, 0.1) is 11.3 Å². The first kappa shape index (κ1) is 9.51. The molecule has 0 bridgehead atoms. The fourth-order valence-corrected chi connectivity index (χ4v) is 3.07. The number of hydrogen-bond acceptors (Lipinski definition) is 1. The highest BCUT2D eigenvalue weighted by atomic mass is 15.1. The molecule has 1 nitrogen and oxygen atoms in total. The van der Waals surface area contributed by atoms with Crippen molar-refractivity contribution >= 4 is 0 Å². The SMILES string of the molecule is CC1(C)CCC(CN2CCCC2)C1. The first-order chi connectivity index (χ1) is 6.16. The number of nitrogens with zero attached hydrogens (tertiary/aromatic N) is 1. The molecule has 0 amide bonds. The van der Waals surface area contributed by atoms with Crippen LogP contribution < -0.4 is 0 Å². The van der Waals surface area contributed by atoms with Gasteiger partial charge in [-0.3, -0.25) is 0 Å². The summed E-state index contributed by atoms with van der Waals surface area (Å²) in [5.41, 5.74) is 0.643. The number of likely N-dealkylation sites (tertiary alicyclic amines) is 1. The van der Waals surface area contributed by atoms with Gasteiger partial charge in [0.25, 0.3) is 0 Å². The van der Waals surface area contributed by atoms with Gasteiger partial charge in [0.15, 0.2) is 0 Å². The van der Waals surface area contributed by atoms with Crippen LogP contribution in [0.15, 0.2) is 0 Å². The highest BCUT2D eigenvalue weighted by Crippen LogP contribution is 2.41. The van der Waals surface area contributed by atoms with Crippen molar-refractivity contribution in [1.29, 1.82) is 0 Å². The summed E-state index contributed by atoms with van der Waals surface area (Å²) in [6, 6.07) is 0. The molecule has 2 aliphatic rings. The van der Waals surface area contributed by atoms with Crippen molar-refractivity contribution in [2.45, 2.75) is 46.0 Å². The Hall–Kier alpha value is -0.0400. The van der Waals surface area contributed by atoms with Gasteiger partial charge in [0.05, 0.1) is 0 Å². The molecular formula is C12H23N. The third-order valence-corrected chi connectivity index (χ3v) is 3.79. The van der Waals surface area contributed by atoms with Gasteiger partial charge in [0, 0.05) is 6.54 Å². The van der Waals surface area contributed by atoms with Gasteiger partial charge in [-0.05, 0) is 56.5 Å². The van der Waals surface area contributed by atoms with Crippen LogP contribution in [0.2, 0.25) is 0 Å². The molecule has 1 heteroatoms. The zero-order valence-corrected chi connectivity index (χ0v) is 9.18. The summed E-state index contributed by atoms with van der Waals surface area (Å²) in [6.45, 7) is 8.99. The maximum Gasteiger partial charge on any atom is 0.000986 e. The van der Waals surface area contributed by atoms with Crippen molar-refractivity contribution in [2.24, 2.45) is 11.3 Å². The first-order valence-electron chi connectivity index (χ1n) is 5.88. The average molecular weight is 181 g/mol. The second kappa shape index (κ2) is 3.61. The van der Waals surface area contributed by atoms with Crippen molar-refractivity contribution < 1.29 is 0 Å².